The average Bonchev–Trinajstić information content (AvgIpc) is 2.74. The number of imide groups is 1. The van der Waals surface area contributed by atoms with Crippen molar-refractivity contribution < 1.29 is 28.7 Å². The quantitative estimate of drug-likeness (QED) is 0.693. The second-order valence-corrected chi connectivity index (χ2v) is 6.12. The first-order chi connectivity index (χ1) is 13.9. The lowest BCUT2D eigenvalue weighted by Gasteiger charge is -2.20. The Balaban J connectivity index is 2.05. The summed E-state index contributed by atoms with van der Waals surface area (Å²) in [5.74, 6) is -1.86. The Kier molecular flexibility index (Phi) is 7.90. The van der Waals surface area contributed by atoms with Crippen molar-refractivity contribution in [3.63, 3.8) is 0 Å². The second-order valence-electron chi connectivity index (χ2n) is 6.12. The summed E-state index contributed by atoms with van der Waals surface area (Å²) in [5, 5.41) is 4.74. The molecule has 8 nitrogen and oxygen atoms in total. The van der Waals surface area contributed by atoms with E-state index in [0.29, 0.717) is 11.1 Å². The molecule has 0 radical (unpaired) electrons. The van der Waals surface area contributed by atoms with E-state index < -0.39 is 30.1 Å². The predicted octanol–water partition coefficient (Wildman–Crippen LogP) is 2.36. The van der Waals surface area contributed by atoms with Crippen LogP contribution in [0.4, 0.5) is 4.79 Å². The Bertz CT molecular complexity index is 854. The molecule has 0 unspecified atom stereocenters. The molecule has 0 aliphatic heterocycles. The number of alkyl carbamates (subject to hydrolysis) is 1. The molecule has 0 saturated carbocycles. The van der Waals surface area contributed by atoms with Crippen LogP contribution >= 0.6 is 0 Å². The van der Waals surface area contributed by atoms with Gasteiger partial charge in [0.1, 0.15) is 0 Å². The zero-order valence-corrected chi connectivity index (χ0v) is 16.1. The van der Waals surface area contributed by atoms with Gasteiger partial charge in [-0.25, -0.2) is 4.79 Å². The maximum Gasteiger partial charge on any atom is 0.413 e. The van der Waals surface area contributed by atoms with Crippen molar-refractivity contribution in [3.05, 3.63) is 71.8 Å². The number of nitrogens with one attached hydrogen (secondary N) is 2. The van der Waals surface area contributed by atoms with Crippen LogP contribution in [0.25, 0.3) is 0 Å². The van der Waals surface area contributed by atoms with E-state index in [0.717, 1.165) is 7.11 Å². The van der Waals surface area contributed by atoms with Crippen LogP contribution in [0.15, 0.2) is 60.7 Å². The van der Waals surface area contributed by atoms with Gasteiger partial charge in [0.05, 0.1) is 19.6 Å². The summed E-state index contributed by atoms with van der Waals surface area (Å²) < 4.78 is 9.41. The molecular weight excluding hydrogens is 376 g/mol. The van der Waals surface area contributed by atoms with E-state index in [1.165, 1.54) is 6.92 Å². The van der Waals surface area contributed by atoms with E-state index >= 15 is 0 Å². The van der Waals surface area contributed by atoms with Crippen molar-refractivity contribution in [2.75, 3.05) is 7.11 Å². The summed E-state index contributed by atoms with van der Waals surface area (Å²) in [5.41, 5.74) is 1.16. The van der Waals surface area contributed by atoms with Gasteiger partial charge in [0.15, 0.2) is 6.10 Å². The summed E-state index contributed by atoms with van der Waals surface area (Å²) >= 11 is 0. The van der Waals surface area contributed by atoms with Crippen molar-refractivity contribution in [1.82, 2.24) is 10.6 Å². The number of benzene rings is 2. The number of methoxy groups -OCH3 is 1. The van der Waals surface area contributed by atoms with Crippen LogP contribution in [-0.4, -0.2) is 37.1 Å². The molecule has 0 aliphatic rings. The summed E-state index contributed by atoms with van der Waals surface area (Å²) in [4.78, 5) is 47.8. The standard InChI is InChI=1S/C21H22N2O6/c1-14(19(25)23-21(27)28-2)29-18(24)13-17(15-9-5-3-6-10-15)22-20(26)16-11-7-4-8-12-16/h3-12,14,17H,13H2,1-2H3,(H,22,26)(H,23,25,27)/t14-,17+/m1/s1. The van der Waals surface area contributed by atoms with Crippen LogP contribution in [0.2, 0.25) is 0 Å². The molecule has 152 valence electrons. The third kappa shape index (κ3) is 6.76. The smallest absolute Gasteiger partial charge is 0.413 e. The van der Waals surface area contributed by atoms with Crippen molar-refractivity contribution in [2.45, 2.75) is 25.5 Å². The molecule has 2 N–H and O–H groups in total. The van der Waals surface area contributed by atoms with Gasteiger partial charge >= 0.3 is 12.1 Å². The van der Waals surface area contributed by atoms with Crippen molar-refractivity contribution in [3.8, 4) is 0 Å². The number of hydrogen-bond acceptors (Lipinski definition) is 6. The molecule has 0 heterocycles. The third-order valence-electron chi connectivity index (χ3n) is 4.00. The molecule has 0 aliphatic carbocycles. The largest absolute Gasteiger partial charge is 0.453 e. The van der Waals surface area contributed by atoms with Gasteiger partial charge in [0.2, 0.25) is 0 Å². The maximum absolute atomic E-state index is 12.5. The van der Waals surface area contributed by atoms with E-state index in [1.807, 2.05) is 11.4 Å². The number of rotatable bonds is 7. The molecule has 2 rings (SSSR count). The second kappa shape index (κ2) is 10.6. The van der Waals surface area contributed by atoms with E-state index in [9.17, 15) is 19.2 Å². The zero-order valence-electron chi connectivity index (χ0n) is 16.1. The molecule has 2 aromatic carbocycles. The number of carbonyl (C=O) groups is 4. The van der Waals surface area contributed by atoms with Crippen LogP contribution in [0.5, 0.6) is 0 Å². The Morgan fingerprint density at radius 1 is 0.931 bits per heavy atom. The van der Waals surface area contributed by atoms with Crippen LogP contribution in [-0.2, 0) is 19.1 Å². The van der Waals surface area contributed by atoms with Gasteiger partial charge in [0, 0.05) is 5.56 Å². The van der Waals surface area contributed by atoms with Crippen LogP contribution in [0.1, 0.15) is 35.3 Å². The van der Waals surface area contributed by atoms with Crippen molar-refractivity contribution in [1.29, 1.82) is 0 Å². The molecule has 0 spiro atoms. The highest BCUT2D eigenvalue weighted by Gasteiger charge is 2.24. The van der Waals surface area contributed by atoms with Gasteiger partial charge < -0.3 is 14.8 Å². The monoisotopic (exact) mass is 398 g/mol. The highest BCUT2D eigenvalue weighted by Crippen LogP contribution is 2.18. The summed E-state index contributed by atoms with van der Waals surface area (Å²) in [7, 11) is 1.11. The first-order valence-electron chi connectivity index (χ1n) is 8.90. The molecule has 29 heavy (non-hydrogen) atoms. The minimum atomic E-state index is -1.21. The Labute approximate surface area is 168 Å². The molecule has 0 fully saturated rings. The van der Waals surface area contributed by atoms with E-state index in [1.54, 1.807) is 54.6 Å². The highest BCUT2D eigenvalue weighted by molar-refractivity contribution is 5.95. The summed E-state index contributed by atoms with van der Waals surface area (Å²) in [6.07, 6.45) is -2.35. The number of amides is 3. The first kappa shape index (κ1) is 21.6. The molecule has 0 bridgehead atoms. The molecule has 2 atom stereocenters. The number of carbonyl (C=O) groups excluding carboxylic acids is 4. The fourth-order valence-electron chi connectivity index (χ4n) is 2.49. The summed E-state index contributed by atoms with van der Waals surface area (Å²) in [6, 6.07) is 16.9. The predicted molar refractivity (Wildman–Crippen MR) is 104 cm³/mol. The Morgan fingerprint density at radius 3 is 2.10 bits per heavy atom. The van der Waals surface area contributed by atoms with Crippen LogP contribution in [0, 0.1) is 0 Å². The molecule has 3 amide bonds. The minimum Gasteiger partial charge on any atom is -0.453 e. The van der Waals surface area contributed by atoms with E-state index in [4.69, 9.17) is 4.74 Å². The topological polar surface area (TPSA) is 111 Å². The van der Waals surface area contributed by atoms with E-state index in [-0.39, 0.29) is 12.3 Å². The number of esters is 1. The molecule has 0 aromatic heterocycles. The molecule has 0 saturated heterocycles. The van der Waals surface area contributed by atoms with Crippen LogP contribution < -0.4 is 10.6 Å². The van der Waals surface area contributed by atoms with Crippen LogP contribution in [0.3, 0.4) is 0 Å². The summed E-state index contributed by atoms with van der Waals surface area (Å²) in [6.45, 7) is 1.33. The third-order valence-corrected chi connectivity index (χ3v) is 4.00. The first-order valence-corrected chi connectivity index (χ1v) is 8.90. The fourth-order valence-corrected chi connectivity index (χ4v) is 2.49. The van der Waals surface area contributed by atoms with Gasteiger partial charge in [-0.05, 0) is 24.6 Å². The molecule has 2 aromatic rings. The Hall–Kier alpha value is -3.68. The zero-order chi connectivity index (χ0) is 21.2. The number of hydrogen-bond donors (Lipinski definition) is 2. The maximum atomic E-state index is 12.5. The lowest BCUT2D eigenvalue weighted by molar-refractivity contribution is -0.155. The van der Waals surface area contributed by atoms with Crippen molar-refractivity contribution >= 4 is 23.9 Å². The Morgan fingerprint density at radius 2 is 1.52 bits per heavy atom. The fraction of sp³-hybridized carbons (Fsp3) is 0.238. The molecular formula is C21H22N2O6. The van der Waals surface area contributed by atoms with Gasteiger partial charge in [-0.3, -0.25) is 19.7 Å². The molecule has 8 heteroatoms. The lowest BCUT2D eigenvalue weighted by atomic mass is 10.0. The van der Waals surface area contributed by atoms with E-state index in [2.05, 4.69) is 10.1 Å². The normalized spacial score (nSPS) is 12.2. The van der Waals surface area contributed by atoms with Gasteiger partial charge in [-0.1, -0.05) is 48.5 Å². The SMILES string of the molecule is COC(=O)NC(=O)[C@@H](C)OC(=O)C[C@H](NC(=O)c1ccccc1)c1ccccc1. The van der Waals surface area contributed by atoms with Gasteiger partial charge in [-0.15, -0.1) is 0 Å². The average molecular weight is 398 g/mol. The minimum absolute atomic E-state index is 0.196. The van der Waals surface area contributed by atoms with Gasteiger partial charge in [-0.2, -0.15) is 0 Å². The van der Waals surface area contributed by atoms with Gasteiger partial charge in [0.25, 0.3) is 11.8 Å². The lowest BCUT2D eigenvalue weighted by Crippen LogP contribution is -2.40. The number of ether oxygens (including phenoxy) is 2. The highest BCUT2D eigenvalue weighted by atomic mass is 16.6. The van der Waals surface area contributed by atoms with Crippen molar-refractivity contribution in [2.24, 2.45) is 0 Å².